The third kappa shape index (κ3) is 2.74. The lowest BCUT2D eigenvalue weighted by Crippen LogP contribution is -2.06. The highest BCUT2D eigenvalue weighted by Crippen LogP contribution is 2.37. The lowest BCUT2D eigenvalue weighted by molar-refractivity contribution is -0.138. The number of benzene rings is 2. The Kier molecular flexibility index (Phi) is 3.14. The van der Waals surface area contributed by atoms with Gasteiger partial charge in [0, 0.05) is 0 Å². The fraction of sp³-hybridized carbons (Fsp3) is 0.0769. The lowest BCUT2D eigenvalue weighted by Gasteiger charge is -2.13. The Balaban J connectivity index is 2.32. The number of halogens is 3. The molecule has 2 rings (SSSR count). The van der Waals surface area contributed by atoms with Gasteiger partial charge >= 0.3 is 6.18 Å². The molecule has 0 saturated carbocycles. The van der Waals surface area contributed by atoms with Crippen molar-refractivity contribution in [1.82, 2.24) is 0 Å². The van der Waals surface area contributed by atoms with E-state index >= 15 is 0 Å². The Labute approximate surface area is 101 Å². The second kappa shape index (κ2) is 4.60. The molecule has 0 heterocycles. The maximum absolute atomic E-state index is 12.7. The normalized spacial score (nSPS) is 11.3. The SMILES string of the molecule is Oc1ccc(Oc2ccccc2C(F)(F)F)cc1. The highest BCUT2D eigenvalue weighted by Gasteiger charge is 2.34. The molecule has 0 saturated heterocycles. The van der Waals surface area contributed by atoms with Crippen molar-refractivity contribution < 1.29 is 23.0 Å². The summed E-state index contributed by atoms with van der Waals surface area (Å²) >= 11 is 0. The van der Waals surface area contributed by atoms with Crippen LogP contribution < -0.4 is 4.74 Å². The molecule has 18 heavy (non-hydrogen) atoms. The van der Waals surface area contributed by atoms with E-state index in [9.17, 15) is 13.2 Å². The molecule has 2 aromatic carbocycles. The summed E-state index contributed by atoms with van der Waals surface area (Å²) in [7, 11) is 0. The topological polar surface area (TPSA) is 29.5 Å². The van der Waals surface area contributed by atoms with Gasteiger partial charge in [-0.2, -0.15) is 13.2 Å². The quantitative estimate of drug-likeness (QED) is 0.870. The van der Waals surface area contributed by atoms with Gasteiger partial charge in [-0.1, -0.05) is 12.1 Å². The highest BCUT2D eigenvalue weighted by atomic mass is 19.4. The molecule has 0 unspecified atom stereocenters. The Morgan fingerprint density at radius 3 is 2.11 bits per heavy atom. The standard InChI is InChI=1S/C13H9F3O2/c14-13(15,16)11-3-1-2-4-12(11)18-10-7-5-9(17)6-8-10/h1-8,17H. The van der Waals surface area contributed by atoms with Gasteiger partial charge in [0.1, 0.15) is 17.2 Å². The zero-order valence-corrected chi connectivity index (χ0v) is 9.11. The van der Waals surface area contributed by atoms with Gasteiger partial charge in [0.05, 0.1) is 5.56 Å². The first-order valence-electron chi connectivity index (χ1n) is 5.10. The van der Waals surface area contributed by atoms with Crippen LogP contribution in [-0.2, 0) is 6.18 Å². The molecule has 0 amide bonds. The first kappa shape index (κ1) is 12.3. The van der Waals surface area contributed by atoms with E-state index in [1.807, 2.05) is 0 Å². The van der Waals surface area contributed by atoms with Crippen molar-refractivity contribution in [3.05, 3.63) is 54.1 Å². The van der Waals surface area contributed by atoms with Crippen LogP contribution in [0, 0.1) is 0 Å². The molecule has 0 spiro atoms. The van der Waals surface area contributed by atoms with E-state index in [1.165, 1.54) is 42.5 Å². The monoisotopic (exact) mass is 254 g/mol. The number of para-hydroxylation sites is 1. The average molecular weight is 254 g/mol. The van der Waals surface area contributed by atoms with Gasteiger partial charge in [-0.05, 0) is 36.4 Å². The summed E-state index contributed by atoms with van der Waals surface area (Å²) in [6.45, 7) is 0. The molecule has 0 radical (unpaired) electrons. The van der Waals surface area contributed by atoms with E-state index in [0.717, 1.165) is 6.07 Å². The van der Waals surface area contributed by atoms with E-state index in [2.05, 4.69) is 0 Å². The van der Waals surface area contributed by atoms with E-state index in [1.54, 1.807) is 0 Å². The molecular weight excluding hydrogens is 245 g/mol. The molecule has 0 aliphatic rings. The molecule has 0 atom stereocenters. The number of rotatable bonds is 2. The predicted molar refractivity (Wildman–Crippen MR) is 59.6 cm³/mol. The molecule has 94 valence electrons. The van der Waals surface area contributed by atoms with Crippen molar-refractivity contribution in [2.45, 2.75) is 6.18 Å². The predicted octanol–water partition coefficient (Wildman–Crippen LogP) is 4.20. The Hall–Kier alpha value is -2.17. The molecule has 0 fully saturated rings. The number of hydrogen-bond acceptors (Lipinski definition) is 2. The van der Waals surface area contributed by atoms with Crippen molar-refractivity contribution in [3.8, 4) is 17.2 Å². The largest absolute Gasteiger partial charge is 0.508 e. The second-order valence-electron chi connectivity index (χ2n) is 3.59. The smallest absolute Gasteiger partial charge is 0.419 e. The van der Waals surface area contributed by atoms with Gasteiger partial charge in [0.15, 0.2) is 0 Å². The van der Waals surface area contributed by atoms with Crippen LogP contribution in [0.15, 0.2) is 48.5 Å². The summed E-state index contributed by atoms with van der Waals surface area (Å²) in [4.78, 5) is 0. The van der Waals surface area contributed by atoms with E-state index < -0.39 is 11.7 Å². The Morgan fingerprint density at radius 1 is 0.889 bits per heavy atom. The molecule has 0 aliphatic carbocycles. The maximum Gasteiger partial charge on any atom is 0.419 e. The van der Waals surface area contributed by atoms with Crippen LogP contribution in [-0.4, -0.2) is 5.11 Å². The number of ether oxygens (including phenoxy) is 1. The minimum absolute atomic E-state index is 0.0199. The van der Waals surface area contributed by atoms with Crippen LogP contribution in [0.3, 0.4) is 0 Å². The van der Waals surface area contributed by atoms with Crippen LogP contribution >= 0.6 is 0 Å². The van der Waals surface area contributed by atoms with Gasteiger partial charge in [-0.25, -0.2) is 0 Å². The number of alkyl halides is 3. The number of hydrogen-bond donors (Lipinski definition) is 1. The van der Waals surface area contributed by atoms with E-state index in [4.69, 9.17) is 9.84 Å². The number of phenols is 1. The van der Waals surface area contributed by atoms with Crippen molar-refractivity contribution in [1.29, 1.82) is 0 Å². The number of aromatic hydroxyl groups is 1. The van der Waals surface area contributed by atoms with Crippen LogP contribution in [0.5, 0.6) is 17.2 Å². The van der Waals surface area contributed by atoms with Crippen molar-refractivity contribution >= 4 is 0 Å². The molecular formula is C13H9F3O2. The zero-order valence-electron chi connectivity index (χ0n) is 9.11. The summed E-state index contributed by atoms with van der Waals surface area (Å²) in [5.41, 5.74) is -0.835. The van der Waals surface area contributed by atoms with E-state index in [0.29, 0.717) is 0 Å². The summed E-state index contributed by atoms with van der Waals surface area (Å²) in [6.07, 6.45) is -4.46. The first-order valence-corrected chi connectivity index (χ1v) is 5.10. The molecule has 2 nitrogen and oxygen atoms in total. The molecule has 0 aromatic heterocycles. The van der Waals surface area contributed by atoms with Crippen LogP contribution in [0.2, 0.25) is 0 Å². The van der Waals surface area contributed by atoms with Gasteiger partial charge in [0.25, 0.3) is 0 Å². The van der Waals surface area contributed by atoms with Crippen molar-refractivity contribution in [2.24, 2.45) is 0 Å². The van der Waals surface area contributed by atoms with Crippen LogP contribution in [0.25, 0.3) is 0 Å². The Morgan fingerprint density at radius 2 is 1.50 bits per heavy atom. The average Bonchev–Trinajstić information content (AvgIpc) is 2.31. The maximum atomic E-state index is 12.7. The Bertz CT molecular complexity index is 533. The summed E-state index contributed by atoms with van der Waals surface area (Å²) < 4.78 is 43.2. The minimum atomic E-state index is -4.46. The summed E-state index contributed by atoms with van der Waals surface area (Å²) in [6, 6.07) is 10.4. The molecule has 0 bridgehead atoms. The number of phenolic OH excluding ortho intramolecular Hbond substituents is 1. The van der Waals surface area contributed by atoms with Gasteiger partial charge in [0.2, 0.25) is 0 Å². The van der Waals surface area contributed by atoms with Crippen molar-refractivity contribution in [2.75, 3.05) is 0 Å². The van der Waals surface area contributed by atoms with Gasteiger partial charge < -0.3 is 9.84 Å². The fourth-order valence-electron chi connectivity index (χ4n) is 1.43. The molecule has 2 aromatic rings. The molecule has 5 heteroatoms. The molecule has 1 N–H and O–H groups in total. The summed E-state index contributed by atoms with van der Waals surface area (Å²) in [5, 5.41) is 9.07. The van der Waals surface area contributed by atoms with Crippen molar-refractivity contribution in [3.63, 3.8) is 0 Å². The fourth-order valence-corrected chi connectivity index (χ4v) is 1.43. The zero-order chi connectivity index (χ0) is 13.2. The van der Waals surface area contributed by atoms with Crippen LogP contribution in [0.1, 0.15) is 5.56 Å². The van der Waals surface area contributed by atoms with Gasteiger partial charge in [-0.15, -0.1) is 0 Å². The lowest BCUT2D eigenvalue weighted by atomic mass is 10.2. The van der Waals surface area contributed by atoms with Crippen LogP contribution in [0.4, 0.5) is 13.2 Å². The minimum Gasteiger partial charge on any atom is -0.508 e. The third-order valence-corrected chi connectivity index (χ3v) is 2.26. The second-order valence-corrected chi connectivity index (χ2v) is 3.59. The summed E-state index contributed by atoms with van der Waals surface area (Å²) in [5.74, 6) is -0.0216. The highest BCUT2D eigenvalue weighted by molar-refractivity contribution is 5.40. The first-order chi connectivity index (χ1) is 8.47. The molecule has 0 aliphatic heterocycles. The third-order valence-electron chi connectivity index (χ3n) is 2.26. The van der Waals surface area contributed by atoms with E-state index in [-0.39, 0.29) is 17.2 Å². The van der Waals surface area contributed by atoms with Gasteiger partial charge in [-0.3, -0.25) is 0 Å².